The zero-order valence-corrected chi connectivity index (χ0v) is 57.6. The van der Waals surface area contributed by atoms with E-state index < -0.39 is 86.0 Å². The van der Waals surface area contributed by atoms with Crippen molar-refractivity contribution in [2.24, 2.45) is 0 Å². The molecule has 8 rings (SSSR count). The normalized spacial score (nSPS) is 19.0. The molecule has 4 atom stereocenters. The van der Waals surface area contributed by atoms with Gasteiger partial charge in [0.15, 0.2) is 52.1 Å². The van der Waals surface area contributed by atoms with Gasteiger partial charge < -0.3 is 56.5 Å². The Hall–Kier alpha value is -5.27. The van der Waals surface area contributed by atoms with Crippen LogP contribution in [0.1, 0.15) is 92.6 Å². The minimum Gasteiger partial charge on any atom is -0.497 e. The lowest BCUT2D eigenvalue weighted by atomic mass is 10.0. The second-order valence-corrected chi connectivity index (χ2v) is 39.0. The third-order valence-electron chi connectivity index (χ3n) is 16.6. The second-order valence-electron chi connectivity index (χ2n) is 24.4. The molecule has 0 N–H and O–H groups in total. The van der Waals surface area contributed by atoms with Gasteiger partial charge in [0.05, 0.1) is 76.2 Å². The number of rotatable bonds is 18. The molecule has 87 heavy (non-hydrogen) atoms. The number of nitrogens with zero attached hydrogens (tertiary/aromatic N) is 4. The molecule has 0 unspecified atom stereocenters. The fourth-order valence-electron chi connectivity index (χ4n) is 9.92. The molecular weight excluding hydrogens is 1280 g/mol. The summed E-state index contributed by atoms with van der Waals surface area (Å²) in [5.41, 5.74) is 3.68. The number of fused-ring (bicyclic) bond motifs is 4. The Morgan fingerprint density at radius 3 is 1.16 bits per heavy atom. The summed E-state index contributed by atoms with van der Waals surface area (Å²) < 4.78 is 57.5. The predicted octanol–water partition coefficient (Wildman–Crippen LogP) is 15.4. The first kappa shape index (κ1) is 67.7. The van der Waals surface area contributed by atoms with E-state index in [1.807, 2.05) is 74.7 Å². The Morgan fingerprint density at radius 1 is 0.517 bits per heavy atom. The number of hydrogen-bond acceptors (Lipinski definition) is 14. The maximum absolute atomic E-state index is 15.1. The van der Waals surface area contributed by atoms with Crippen LogP contribution in [-0.2, 0) is 18.3 Å². The number of amides is 4. The second kappa shape index (κ2) is 26.3. The van der Waals surface area contributed by atoms with E-state index in [-0.39, 0.29) is 88.1 Å². The van der Waals surface area contributed by atoms with E-state index in [0.29, 0.717) is 11.5 Å². The van der Waals surface area contributed by atoms with Gasteiger partial charge in [0, 0.05) is 31.0 Å². The van der Waals surface area contributed by atoms with Gasteiger partial charge in [-0.15, -0.1) is 0 Å². The molecule has 0 saturated heterocycles. The molecule has 0 radical (unpaired) electrons. The summed E-state index contributed by atoms with van der Waals surface area (Å²) in [6.07, 6.45) is 0.228. The quantitative estimate of drug-likeness (QED) is 0.0523. The Bertz CT molecular complexity index is 3080. The van der Waals surface area contributed by atoms with Gasteiger partial charge in [-0.05, 0) is 108 Å². The highest BCUT2D eigenvalue weighted by molar-refractivity contribution is 6.74. The smallest absolute Gasteiger partial charge is 0.416 e. The van der Waals surface area contributed by atoms with Gasteiger partial charge in [-0.3, -0.25) is 9.59 Å². The van der Waals surface area contributed by atoms with Crippen molar-refractivity contribution in [1.29, 1.82) is 0 Å². The highest BCUT2D eigenvalue weighted by Gasteiger charge is 2.53. The molecule has 4 aliphatic rings. The highest BCUT2D eigenvalue weighted by Crippen LogP contribution is 2.50. The number of ether oxygens (including phenoxy) is 8. The van der Waals surface area contributed by atoms with Crippen molar-refractivity contribution < 1.29 is 65.9 Å². The fraction of sp³-hybridized carbons (Fsp3) is 0.475. The Balaban J connectivity index is 1.14. The molecule has 472 valence electrons. The van der Waals surface area contributed by atoms with Crippen LogP contribution in [0.5, 0.6) is 34.5 Å². The molecule has 26 heteroatoms. The number of carbonyl (C=O) groups is 4. The van der Waals surface area contributed by atoms with Crippen molar-refractivity contribution in [2.45, 2.75) is 129 Å². The number of carbonyl (C=O) groups excluding carboxylic acids is 4. The number of anilines is 2. The van der Waals surface area contributed by atoms with Gasteiger partial charge >= 0.3 is 12.2 Å². The van der Waals surface area contributed by atoms with E-state index in [1.165, 1.54) is 48.3 Å². The third-order valence-corrected chi connectivity index (χ3v) is 26.2. The van der Waals surface area contributed by atoms with Crippen LogP contribution in [0, 0.1) is 0 Å². The van der Waals surface area contributed by atoms with Crippen LogP contribution >= 0.6 is 69.6 Å². The molecule has 0 aromatic heterocycles. The molecule has 0 saturated carbocycles. The van der Waals surface area contributed by atoms with Gasteiger partial charge in [0.2, 0.25) is 7.59 Å². The zero-order valence-electron chi connectivity index (χ0n) is 51.1. The van der Waals surface area contributed by atoms with Crippen LogP contribution in [0.2, 0.25) is 36.3 Å². The summed E-state index contributed by atoms with van der Waals surface area (Å²) >= 11 is 37.0. The number of benzene rings is 4. The van der Waals surface area contributed by atoms with Gasteiger partial charge in [-0.1, -0.05) is 135 Å². The fourth-order valence-corrected chi connectivity index (χ4v) is 12.7. The van der Waals surface area contributed by atoms with Crippen molar-refractivity contribution in [3.05, 3.63) is 107 Å². The van der Waals surface area contributed by atoms with Crippen LogP contribution in [0.4, 0.5) is 21.0 Å². The highest BCUT2D eigenvalue weighted by atomic mass is 35.6. The van der Waals surface area contributed by atoms with E-state index >= 15 is 9.59 Å². The maximum Gasteiger partial charge on any atom is 0.416 e. The van der Waals surface area contributed by atoms with Crippen LogP contribution in [0.15, 0.2) is 85.2 Å². The van der Waals surface area contributed by atoms with Crippen molar-refractivity contribution in [1.82, 2.24) is 9.80 Å². The maximum atomic E-state index is 15.1. The lowest BCUT2D eigenvalue weighted by Crippen LogP contribution is -2.58. The number of hydrogen-bond donors (Lipinski definition) is 0. The first-order valence-electron chi connectivity index (χ1n) is 28.1. The van der Waals surface area contributed by atoms with Crippen LogP contribution in [0.25, 0.3) is 11.1 Å². The molecule has 18 nitrogen and oxygen atoms in total. The third kappa shape index (κ3) is 15.0. The zero-order chi connectivity index (χ0) is 63.9. The average Bonchev–Trinajstić information content (AvgIpc) is 1.71. The topological polar surface area (TPSA) is 174 Å². The van der Waals surface area contributed by atoms with E-state index in [0.717, 1.165) is 22.3 Å². The monoisotopic (exact) mass is 1350 g/mol. The minimum absolute atomic E-state index is 0.00341. The molecule has 0 spiro atoms. The van der Waals surface area contributed by atoms with Crippen LogP contribution in [-0.4, -0.2) is 137 Å². The number of methoxy groups -OCH3 is 4. The predicted molar refractivity (Wildman–Crippen MR) is 345 cm³/mol. The Labute approximate surface area is 540 Å². The molecule has 0 fully saturated rings. The minimum atomic E-state index is -2.81. The van der Waals surface area contributed by atoms with Gasteiger partial charge in [-0.2, -0.15) is 0 Å². The van der Waals surface area contributed by atoms with E-state index in [1.54, 1.807) is 36.4 Å². The van der Waals surface area contributed by atoms with Crippen molar-refractivity contribution in [3.8, 4) is 34.5 Å². The molecule has 4 aliphatic heterocycles. The Kier molecular flexibility index (Phi) is 20.4. The van der Waals surface area contributed by atoms with Crippen molar-refractivity contribution in [2.75, 3.05) is 64.7 Å². The average molecular weight is 1360 g/mol. The lowest BCUT2D eigenvalue weighted by Gasteiger charge is -2.44. The van der Waals surface area contributed by atoms with Gasteiger partial charge in [0.1, 0.15) is 24.7 Å². The number of halogens is 6. The van der Waals surface area contributed by atoms with E-state index in [9.17, 15) is 9.59 Å². The molecule has 4 aromatic carbocycles. The summed E-state index contributed by atoms with van der Waals surface area (Å²) in [4.78, 5) is 65.7. The first-order valence-corrected chi connectivity index (χ1v) is 36.2. The summed E-state index contributed by atoms with van der Waals surface area (Å²) in [6, 6.07) is 19.5. The number of alkyl halides is 6. The molecule has 4 aromatic rings. The standard InChI is InChI=1S/C61H74Cl6N4O14Si2/c1-58(2,3)86(11,12)84-54-46-26-38(36-16-20-40(76-7)21-17-36)32-68(46)52(72)42-28-48(78-9)50(30-44(42)70(54)56(74)82-34-60(62,63)64)80-24-15-25-81-51-31-45-43(29-49(51)79-10)53(73)69-33-39(37-18-22-41(77-8)23-19-37)27-47(69)55(85-87(13,14)59(4,5)6)71(45)57(75)83-35-61(65,66)67/h16-23,28-33,46-47,54-55H,15,24-27,34-35H2,1-14H3/t46-,47-,54-,55+/m0/s1. The summed E-state index contributed by atoms with van der Waals surface area (Å²) in [7, 11) is 0.425. The Morgan fingerprint density at radius 2 is 0.862 bits per heavy atom. The first-order chi connectivity index (χ1) is 40.6. The molecule has 0 bridgehead atoms. The molecule has 4 amide bonds. The van der Waals surface area contributed by atoms with Crippen molar-refractivity contribution >= 4 is 133 Å². The molecule has 0 aliphatic carbocycles. The summed E-state index contributed by atoms with van der Waals surface area (Å²) in [5, 5.41) is -0.717. The van der Waals surface area contributed by atoms with Crippen LogP contribution < -0.4 is 38.2 Å². The summed E-state index contributed by atoms with van der Waals surface area (Å²) in [5.74, 6) is 1.11. The van der Waals surface area contributed by atoms with E-state index in [4.69, 9.17) is 116 Å². The van der Waals surface area contributed by atoms with Crippen molar-refractivity contribution in [3.63, 3.8) is 0 Å². The van der Waals surface area contributed by atoms with Crippen LogP contribution in [0.3, 0.4) is 0 Å². The SMILES string of the molecule is COc1ccc(C2=CN3C(=O)c4cc(OC)c(OCCCOc5cc6c(cc5OC)C(=O)N5C=C(c7ccc(OC)cc7)C[C@H]5[C@H](O[Si](C)(C)C(C)(C)C)N6C(=O)OCC(Cl)(Cl)Cl)cc4N(C(=O)OCC(Cl)(Cl)Cl)[C@H](O[Si](C)(C)C(C)(C)C)[C@@H]3C2)cc1. The van der Waals surface area contributed by atoms with E-state index in [2.05, 4.69) is 41.5 Å². The largest absolute Gasteiger partial charge is 0.497 e. The lowest BCUT2D eigenvalue weighted by molar-refractivity contribution is 0.0584. The molecule has 4 heterocycles. The molecular formula is C61H74Cl6N4O14Si2. The summed E-state index contributed by atoms with van der Waals surface area (Å²) in [6.45, 7) is 19.4. The van der Waals surface area contributed by atoms with Gasteiger partial charge in [0.25, 0.3) is 11.8 Å². The van der Waals surface area contributed by atoms with Gasteiger partial charge in [-0.25, -0.2) is 19.4 Å².